The van der Waals surface area contributed by atoms with Gasteiger partial charge in [0.25, 0.3) is 0 Å². The van der Waals surface area contributed by atoms with Crippen LogP contribution in [0.2, 0.25) is 0 Å². The van der Waals surface area contributed by atoms with E-state index in [2.05, 4.69) is 16.9 Å². The van der Waals surface area contributed by atoms with Crippen LogP contribution in [0.4, 0.5) is 0 Å². The van der Waals surface area contributed by atoms with Gasteiger partial charge in [-0.1, -0.05) is 13.0 Å². The number of nitrogens with zero attached hydrogens (tertiary/aromatic N) is 2. The molecule has 2 aromatic rings. The van der Waals surface area contributed by atoms with E-state index in [0.29, 0.717) is 30.7 Å². The molecule has 4 nitrogen and oxygen atoms in total. The molecule has 2 rings (SSSR count). The maximum absolute atomic E-state index is 5.92. The van der Waals surface area contributed by atoms with Gasteiger partial charge in [-0.3, -0.25) is 0 Å². The average molecular weight is 293 g/mol. The van der Waals surface area contributed by atoms with Crippen LogP contribution in [0.5, 0.6) is 11.5 Å². The van der Waals surface area contributed by atoms with Crippen LogP contribution < -0.4 is 9.47 Å². The predicted molar refractivity (Wildman–Crippen MR) is 78.1 cm³/mol. The number of ether oxygens (including phenoxy) is 2. The van der Waals surface area contributed by atoms with Gasteiger partial charge in [0, 0.05) is 24.0 Å². The summed E-state index contributed by atoms with van der Waals surface area (Å²) in [6.45, 7) is 3.06. The number of hydrogen-bond donors (Lipinski definition) is 0. The van der Waals surface area contributed by atoms with Gasteiger partial charge >= 0.3 is 0 Å². The van der Waals surface area contributed by atoms with E-state index in [1.54, 1.807) is 18.5 Å². The summed E-state index contributed by atoms with van der Waals surface area (Å²) < 4.78 is 11.3. The summed E-state index contributed by atoms with van der Waals surface area (Å²) in [5.74, 6) is 2.51. The van der Waals surface area contributed by atoms with Crippen molar-refractivity contribution < 1.29 is 9.47 Å². The second kappa shape index (κ2) is 7.70. The number of alkyl halides is 1. The Labute approximate surface area is 123 Å². The smallest absolute Gasteiger partial charge is 0.166 e. The largest absolute Gasteiger partial charge is 0.493 e. The van der Waals surface area contributed by atoms with Crippen LogP contribution in [-0.4, -0.2) is 16.6 Å². The molecule has 0 bridgehead atoms. The molecule has 0 aliphatic heterocycles. The molecule has 0 amide bonds. The van der Waals surface area contributed by atoms with Gasteiger partial charge in [0.1, 0.15) is 18.1 Å². The molecule has 1 aromatic heterocycles. The minimum absolute atomic E-state index is 0.308. The topological polar surface area (TPSA) is 44.2 Å². The Balaban J connectivity index is 2.07. The third kappa shape index (κ3) is 4.10. The fourth-order valence-electron chi connectivity index (χ4n) is 1.64. The van der Waals surface area contributed by atoms with Crippen LogP contribution in [0.25, 0.3) is 0 Å². The first kappa shape index (κ1) is 14.6. The van der Waals surface area contributed by atoms with Crippen LogP contribution in [-0.2, 0) is 12.5 Å². The van der Waals surface area contributed by atoms with Crippen molar-refractivity contribution in [1.82, 2.24) is 9.97 Å². The summed E-state index contributed by atoms with van der Waals surface area (Å²) in [6, 6.07) is 7.45. The molecule has 0 saturated heterocycles. The van der Waals surface area contributed by atoms with Crippen molar-refractivity contribution in [2.75, 3.05) is 6.61 Å². The van der Waals surface area contributed by atoms with E-state index in [1.165, 1.54) is 0 Å². The fourth-order valence-corrected chi connectivity index (χ4v) is 1.86. The third-order valence-electron chi connectivity index (χ3n) is 2.63. The third-order valence-corrected chi connectivity index (χ3v) is 2.92. The predicted octanol–water partition coefficient (Wildman–Crippen LogP) is 3.58. The lowest BCUT2D eigenvalue weighted by molar-refractivity contribution is 0.285. The zero-order chi connectivity index (χ0) is 14.2. The molecule has 0 aliphatic carbocycles. The molecule has 1 aromatic carbocycles. The number of benzene rings is 1. The molecule has 0 saturated carbocycles. The second-order valence-electron chi connectivity index (χ2n) is 4.21. The molecule has 0 fully saturated rings. The molecular formula is C15H17ClN2O2. The zero-order valence-electron chi connectivity index (χ0n) is 11.4. The summed E-state index contributed by atoms with van der Waals surface area (Å²) in [6.07, 6.45) is 4.34. The maximum atomic E-state index is 5.92. The van der Waals surface area contributed by atoms with Crippen LogP contribution in [0.3, 0.4) is 0 Å². The molecule has 5 heteroatoms. The van der Waals surface area contributed by atoms with E-state index in [-0.39, 0.29) is 0 Å². The van der Waals surface area contributed by atoms with E-state index in [4.69, 9.17) is 21.1 Å². The number of rotatable bonds is 7. The Hall–Kier alpha value is -1.81. The van der Waals surface area contributed by atoms with Gasteiger partial charge in [-0.05, 0) is 18.6 Å². The lowest BCUT2D eigenvalue weighted by Gasteiger charge is -2.12. The van der Waals surface area contributed by atoms with Gasteiger partial charge in [-0.15, -0.1) is 11.6 Å². The van der Waals surface area contributed by atoms with Crippen molar-refractivity contribution in [3.05, 3.63) is 48.0 Å². The molecule has 1 heterocycles. The minimum atomic E-state index is 0.308. The van der Waals surface area contributed by atoms with Crippen molar-refractivity contribution >= 4 is 11.6 Å². The van der Waals surface area contributed by atoms with Gasteiger partial charge in [-0.2, -0.15) is 0 Å². The Morgan fingerprint density at radius 1 is 1.15 bits per heavy atom. The molecule has 0 spiro atoms. The van der Waals surface area contributed by atoms with E-state index in [0.717, 1.165) is 17.7 Å². The Morgan fingerprint density at radius 2 is 1.95 bits per heavy atom. The second-order valence-corrected chi connectivity index (χ2v) is 4.47. The van der Waals surface area contributed by atoms with E-state index < -0.39 is 0 Å². The van der Waals surface area contributed by atoms with Crippen molar-refractivity contribution in [3.8, 4) is 11.5 Å². The highest BCUT2D eigenvalue weighted by Crippen LogP contribution is 2.27. The molecular weight excluding hydrogens is 276 g/mol. The van der Waals surface area contributed by atoms with Crippen molar-refractivity contribution in [1.29, 1.82) is 0 Å². The van der Waals surface area contributed by atoms with Crippen LogP contribution in [0.15, 0.2) is 36.7 Å². The first-order valence-corrected chi connectivity index (χ1v) is 7.07. The molecule has 0 radical (unpaired) electrons. The molecule has 0 N–H and O–H groups in total. The van der Waals surface area contributed by atoms with E-state index >= 15 is 0 Å². The Bertz CT molecular complexity index is 535. The number of halogens is 1. The van der Waals surface area contributed by atoms with E-state index in [1.807, 2.05) is 18.2 Å². The molecule has 106 valence electrons. The number of hydrogen-bond acceptors (Lipinski definition) is 4. The standard InChI is InChI=1S/C15H17ClN2O2/c1-2-8-19-13-5-4-12(10-16)14(9-13)20-11-15-17-6-3-7-18-15/h3-7,9H,2,8,10-11H2,1H3. The van der Waals surface area contributed by atoms with Gasteiger partial charge < -0.3 is 9.47 Å². The lowest BCUT2D eigenvalue weighted by atomic mass is 10.2. The monoisotopic (exact) mass is 292 g/mol. The summed E-state index contributed by atoms with van der Waals surface area (Å²) in [5, 5.41) is 0. The van der Waals surface area contributed by atoms with E-state index in [9.17, 15) is 0 Å². The zero-order valence-corrected chi connectivity index (χ0v) is 12.1. The maximum Gasteiger partial charge on any atom is 0.166 e. The molecule has 0 unspecified atom stereocenters. The first-order chi connectivity index (χ1) is 9.83. The molecule has 20 heavy (non-hydrogen) atoms. The highest BCUT2D eigenvalue weighted by molar-refractivity contribution is 6.17. The Kier molecular flexibility index (Phi) is 5.62. The van der Waals surface area contributed by atoms with Gasteiger partial charge in [0.15, 0.2) is 5.82 Å². The summed E-state index contributed by atoms with van der Waals surface area (Å²) >= 11 is 5.92. The van der Waals surface area contributed by atoms with Gasteiger partial charge in [0.05, 0.1) is 12.5 Å². The molecule has 0 atom stereocenters. The normalized spacial score (nSPS) is 10.3. The molecule has 0 aliphatic rings. The fraction of sp³-hybridized carbons (Fsp3) is 0.333. The highest BCUT2D eigenvalue weighted by Gasteiger charge is 2.06. The van der Waals surface area contributed by atoms with Crippen LogP contribution >= 0.6 is 11.6 Å². The van der Waals surface area contributed by atoms with Crippen LogP contribution in [0, 0.1) is 0 Å². The summed E-state index contributed by atoms with van der Waals surface area (Å²) in [7, 11) is 0. The SMILES string of the molecule is CCCOc1ccc(CCl)c(OCc2ncccn2)c1. The van der Waals surface area contributed by atoms with Crippen molar-refractivity contribution in [2.24, 2.45) is 0 Å². The van der Waals surface area contributed by atoms with Crippen molar-refractivity contribution in [2.45, 2.75) is 25.8 Å². The summed E-state index contributed by atoms with van der Waals surface area (Å²) in [5.41, 5.74) is 0.923. The van der Waals surface area contributed by atoms with Gasteiger partial charge in [-0.25, -0.2) is 9.97 Å². The summed E-state index contributed by atoms with van der Waals surface area (Å²) in [4.78, 5) is 8.24. The quantitative estimate of drug-likeness (QED) is 0.732. The first-order valence-electron chi connectivity index (χ1n) is 6.54. The van der Waals surface area contributed by atoms with Gasteiger partial charge in [0.2, 0.25) is 0 Å². The highest BCUT2D eigenvalue weighted by atomic mass is 35.5. The van der Waals surface area contributed by atoms with Crippen LogP contribution in [0.1, 0.15) is 24.7 Å². The minimum Gasteiger partial charge on any atom is -0.493 e. The Morgan fingerprint density at radius 3 is 2.65 bits per heavy atom. The number of aromatic nitrogens is 2. The van der Waals surface area contributed by atoms with Crippen molar-refractivity contribution in [3.63, 3.8) is 0 Å². The average Bonchev–Trinajstić information content (AvgIpc) is 2.52. The lowest BCUT2D eigenvalue weighted by Crippen LogP contribution is -2.03.